The number of alkyl halides is 1. The van der Waals surface area contributed by atoms with Gasteiger partial charge in [0.1, 0.15) is 0 Å². The van der Waals surface area contributed by atoms with Crippen molar-refractivity contribution in [2.75, 3.05) is 0 Å². The van der Waals surface area contributed by atoms with Gasteiger partial charge in [-0.3, -0.25) is 0 Å². The first-order chi connectivity index (χ1) is 5.27. The van der Waals surface area contributed by atoms with Gasteiger partial charge in [0.05, 0.1) is 4.83 Å². The molecule has 0 amide bonds. The number of aryl methyl sites for hydroxylation is 1. The molecule has 1 aromatic heterocycles. The Morgan fingerprint density at radius 3 is 2.64 bits per heavy atom. The summed E-state index contributed by atoms with van der Waals surface area (Å²) in [6, 6.07) is 0. The van der Waals surface area contributed by atoms with Gasteiger partial charge >= 0.3 is 0 Å². The molecule has 0 bridgehead atoms. The molecule has 0 spiro atoms. The van der Waals surface area contributed by atoms with Crippen molar-refractivity contribution >= 4 is 15.9 Å². The van der Waals surface area contributed by atoms with Gasteiger partial charge in [-0.15, -0.1) is 10.2 Å². The highest BCUT2D eigenvalue weighted by molar-refractivity contribution is 9.09. The number of hydrogen-bond acceptors (Lipinski definition) is 3. The van der Waals surface area contributed by atoms with Crippen LogP contribution in [0.1, 0.15) is 36.9 Å². The third-order valence-corrected chi connectivity index (χ3v) is 2.45. The zero-order valence-electron chi connectivity index (χ0n) is 6.67. The minimum Gasteiger partial charge on any atom is -0.424 e. The van der Waals surface area contributed by atoms with Crippen molar-refractivity contribution in [3.05, 3.63) is 11.8 Å². The van der Waals surface area contributed by atoms with Crippen LogP contribution in [0.3, 0.4) is 0 Å². The Morgan fingerprint density at radius 2 is 2.18 bits per heavy atom. The molecule has 0 saturated carbocycles. The zero-order chi connectivity index (χ0) is 8.27. The summed E-state index contributed by atoms with van der Waals surface area (Å²) in [5.74, 6) is 1.39. The number of rotatable bonds is 3. The lowest BCUT2D eigenvalue weighted by Crippen LogP contribution is -1.86. The van der Waals surface area contributed by atoms with Gasteiger partial charge in [-0.2, -0.15) is 0 Å². The van der Waals surface area contributed by atoms with Gasteiger partial charge in [0, 0.05) is 6.42 Å². The van der Waals surface area contributed by atoms with E-state index in [1.165, 1.54) is 0 Å². The molecule has 1 rings (SSSR count). The molecule has 0 aliphatic heterocycles. The highest BCUT2D eigenvalue weighted by Crippen LogP contribution is 2.24. The van der Waals surface area contributed by atoms with E-state index in [0.717, 1.165) is 12.8 Å². The second-order valence-corrected chi connectivity index (χ2v) is 3.37. The maximum absolute atomic E-state index is 5.32. The molecule has 3 nitrogen and oxygen atoms in total. The Hall–Kier alpha value is -0.380. The van der Waals surface area contributed by atoms with Crippen LogP contribution in [-0.2, 0) is 6.42 Å². The molecule has 0 aromatic carbocycles. The van der Waals surface area contributed by atoms with Crippen LogP contribution in [0.5, 0.6) is 0 Å². The van der Waals surface area contributed by atoms with E-state index in [1.807, 2.05) is 6.92 Å². The van der Waals surface area contributed by atoms with E-state index in [1.54, 1.807) is 0 Å². The molecule has 4 heteroatoms. The van der Waals surface area contributed by atoms with Crippen molar-refractivity contribution < 1.29 is 4.42 Å². The summed E-state index contributed by atoms with van der Waals surface area (Å²) >= 11 is 3.43. The summed E-state index contributed by atoms with van der Waals surface area (Å²) < 4.78 is 5.32. The van der Waals surface area contributed by atoms with Crippen LogP contribution in [0, 0.1) is 0 Å². The fourth-order valence-electron chi connectivity index (χ4n) is 0.711. The third kappa shape index (κ3) is 2.02. The maximum Gasteiger partial charge on any atom is 0.230 e. The topological polar surface area (TPSA) is 38.9 Å². The van der Waals surface area contributed by atoms with Crippen LogP contribution >= 0.6 is 15.9 Å². The fraction of sp³-hybridized carbons (Fsp3) is 0.714. The standard InChI is InChI=1S/C7H11BrN2O/c1-3-5(8)7-10-9-6(4-2)11-7/h5H,3-4H2,1-2H3. The molecule has 0 radical (unpaired) electrons. The Bertz CT molecular complexity index is 224. The van der Waals surface area contributed by atoms with Gasteiger partial charge in [0.15, 0.2) is 0 Å². The molecule has 11 heavy (non-hydrogen) atoms. The van der Waals surface area contributed by atoms with Crippen molar-refractivity contribution in [2.45, 2.75) is 31.5 Å². The van der Waals surface area contributed by atoms with Crippen LogP contribution in [0.25, 0.3) is 0 Å². The van der Waals surface area contributed by atoms with Crippen LogP contribution in [0.4, 0.5) is 0 Å². The van der Waals surface area contributed by atoms with Crippen LogP contribution in [-0.4, -0.2) is 10.2 Å². The number of nitrogens with zero attached hydrogens (tertiary/aromatic N) is 2. The number of hydrogen-bond donors (Lipinski definition) is 0. The minimum atomic E-state index is 0.204. The predicted molar refractivity (Wildman–Crippen MR) is 45.6 cm³/mol. The molecule has 1 heterocycles. The number of halogens is 1. The average molecular weight is 219 g/mol. The lowest BCUT2D eigenvalue weighted by molar-refractivity contribution is 0.450. The van der Waals surface area contributed by atoms with E-state index in [4.69, 9.17) is 4.42 Å². The summed E-state index contributed by atoms with van der Waals surface area (Å²) in [4.78, 5) is 0.204. The van der Waals surface area contributed by atoms with Crippen molar-refractivity contribution in [1.82, 2.24) is 10.2 Å². The van der Waals surface area contributed by atoms with Gasteiger partial charge in [-0.1, -0.05) is 29.8 Å². The summed E-state index contributed by atoms with van der Waals surface area (Å²) in [5.41, 5.74) is 0. The van der Waals surface area contributed by atoms with Crippen molar-refractivity contribution in [1.29, 1.82) is 0 Å². The second kappa shape index (κ2) is 3.85. The largest absolute Gasteiger partial charge is 0.424 e. The molecule has 62 valence electrons. The lowest BCUT2D eigenvalue weighted by atomic mass is 10.3. The quantitative estimate of drug-likeness (QED) is 0.733. The highest BCUT2D eigenvalue weighted by atomic mass is 79.9. The monoisotopic (exact) mass is 218 g/mol. The first-order valence-corrected chi connectivity index (χ1v) is 4.65. The Balaban J connectivity index is 2.71. The second-order valence-electron chi connectivity index (χ2n) is 2.26. The zero-order valence-corrected chi connectivity index (χ0v) is 8.26. The van der Waals surface area contributed by atoms with Gasteiger partial charge in [0.2, 0.25) is 11.8 Å². The molecule has 0 saturated heterocycles. The smallest absolute Gasteiger partial charge is 0.230 e. The van der Waals surface area contributed by atoms with E-state index < -0.39 is 0 Å². The Morgan fingerprint density at radius 1 is 1.45 bits per heavy atom. The summed E-state index contributed by atoms with van der Waals surface area (Å²) in [6.45, 7) is 4.06. The van der Waals surface area contributed by atoms with Crippen LogP contribution < -0.4 is 0 Å². The van der Waals surface area contributed by atoms with Crippen molar-refractivity contribution in [3.8, 4) is 0 Å². The van der Waals surface area contributed by atoms with Gasteiger partial charge in [-0.25, -0.2) is 0 Å². The molecule has 1 atom stereocenters. The van der Waals surface area contributed by atoms with E-state index in [-0.39, 0.29) is 4.83 Å². The first-order valence-electron chi connectivity index (χ1n) is 3.74. The Kier molecular flexibility index (Phi) is 3.05. The SMILES string of the molecule is CCc1nnc(C(Br)CC)o1. The summed E-state index contributed by atoms with van der Waals surface area (Å²) in [7, 11) is 0. The molecular formula is C7H11BrN2O. The fourth-order valence-corrected chi connectivity index (χ4v) is 0.896. The lowest BCUT2D eigenvalue weighted by Gasteiger charge is -1.96. The average Bonchev–Trinajstić information content (AvgIpc) is 2.50. The van der Waals surface area contributed by atoms with Gasteiger partial charge < -0.3 is 4.42 Å². The van der Waals surface area contributed by atoms with E-state index in [2.05, 4.69) is 33.1 Å². The van der Waals surface area contributed by atoms with Gasteiger partial charge in [-0.05, 0) is 6.42 Å². The van der Waals surface area contributed by atoms with Crippen molar-refractivity contribution in [2.24, 2.45) is 0 Å². The summed E-state index contributed by atoms with van der Waals surface area (Å²) in [5, 5.41) is 7.75. The molecule has 0 N–H and O–H groups in total. The first kappa shape index (κ1) is 8.71. The van der Waals surface area contributed by atoms with E-state index in [9.17, 15) is 0 Å². The molecule has 0 fully saturated rings. The molecule has 1 unspecified atom stereocenters. The molecular weight excluding hydrogens is 208 g/mol. The number of aromatic nitrogens is 2. The third-order valence-electron chi connectivity index (χ3n) is 1.41. The Labute approximate surface area is 74.3 Å². The predicted octanol–water partition coefficient (Wildman–Crippen LogP) is 2.48. The van der Waals surface area contributed by atoms with Crippen LogP contribution in [0.2, 0.25) is 0 Å². The molecule has 1 aromatic rings. The molecule has 0 aliphatic carbocycles. The minimum absolute atomic E-state index is 0.204. The highest BCUT2D eigenvalue weighted by Gasteiger charge is 2.11. The van der Waals surface area contributed by atoms with Crippen LogP contribution in [0.15, 0.2) is 4.42 Å². The van der Waals surface area contributed by atoms with E-state index >= 15 is 0 Å². The van der Waals surface area contributed by atoms with E-state index in [0.29, 0.717) is 11.8 Å². The van der Waals surface area contributed by atoms with Gasteiger partial charge in [0.25, 0.3) is 0 Å². The van der Waals surface area contributed by atoms with Crippen molar-refractivity contribution in [3.63, 3.8) is 0 Å². The normalized spacial score (nSPS) is 13.4. The molecule has 0 aliphatic rings. The summed E-state index contributed by atoms with van der Waals surface area (Å²) in [6.07, 6.45) is 1.77. The maximum atomic E-state index is 5.32.